The molecule has 4 heterocycles. The van der Waals surface area contributed by atoms with Crippen LogP contribution in [0.3, 0.4) is 0 Å². The Hall–Kier alpha value is -3.12. The van der Waals surface area contributed by atoms with Crippen molar-refractivity contribution in [2.24, 2.45) is 5.10 Å². The number of nitrogens with zero attached hydrogens (tertiary/aromatic N) is 4. The van der Waals surface area contributed by atoms with Crippen LogP contribution in [0.2, 0.25) is 0 Å². The van der Waals surface area contributed by atoms with E-state index in [-0.39, 0.29) is 36.6 Å². The maximum atomic E-state index is 14.2. The number of carboxylic acid groups (broad SMARTS) is 1. The maximum absolute atomic E-state index is 14.2. The van der Waals surface area contributed by atoms with Gasteiger partial charge in [-0.25, -0.2) is 8.78 Å². The number of aliphatic carboxylic acids is 1. The number of rotatable bonds is 8. The molecule has 2 saturated heterocycles. The van der Waals surface area contributed by atoms with Gasteiger partial charge in [0.2, 0.25) is 6.41 Å². The second kappa shape index (κ2) is 10.7. The summed E-state index contributed by atoms with van der Waals surface area (Å²) in [6.45, 7) is 2.30. The molecule has 37 heavy (non-hydrogen) atoms. The number of fused-ring (bicyclic) bond motifs is 1. The summed E-state index contributed by atoms with van der Waals surface area (Å²) in [6.07, 6.45) is 2.62. The number of carbonyl (C=O) groups excluding carboxylic acids is 1. The topological polar surface area (TPSA) is 122 Å². The highest BCUT2D eigenvalue weighted by Gasteiger charge is 2.41. The minimum Gasteiger partial charge on any atom is -0.480 e. The quantitative estimate of drug-likeness (QED) is 0.273. The van der Waals surface area contributed by atoms with Gasteiger partial charge in [0.05, 0.1) is 0 Å². The van der Waals surface area contributed by atoms with Gasteiger partial charge in [0.25, 0.3) is 6.43 Å². The molecule has 0 aromatic heterocycles. The highest BCUT2D eigenvalue weighted by Crippen LogP contribution is 2.39. The lowest BCUT2D eigenvalue weighted by Crippen LogP contribution is -2.55. The summed E-state index contributed by atoms with van der Waals surface area (Å²) in [5.74, 6) is -1.23. The van der Waals surface area contributed by atoms with E-state index in [2.05, 4.69) is 10.4 Å². The van der Waals surface area contributed by atoms with E-state index in [0.29, 0.717) is 44.0 Å². The summed E-state index contributed by atoms with van der Waals surface area (Å²) in [6, 6.07) is 2.91. The number of amides is 1. The number of hydrogen-bond donors (Lipinski definition) is 3. The molecule has 3 unspecified atom stereocenters. The fourth-order valence-electron chi connectivity index (χ4n) is 5.95. The van der Waals surface area contributed by atoms with E-state index in [1.807, 2.05) is 0 Å². The molecule has 4 aliphatic rings. The van der Waals surface area contributed by atoms with Gasteiger partial charge in [-0.3, -0.25) is 20.0 Å². The lowest BCUT2D eigenvalue weighted by Gasteiger charge is -2.34. The number of alkyl halides is 2. The monoisotopic (exact) mass is 518 g/mol. The standard InChI is InChI=1S/C25H32F2N6O4/c26-24(27)19-10-21-15(9-18(19)16-11-29-32(12-16)13-22(35)36)1-6-33(21)25(28)23-20(2-5-31(23)14-34)30-17-3-7-37-8-4-17/h9-11,14,16-17,20,23-24,28,30H,1-8,12-13H2,(H,35,36). The minimum absolute atomic E-state index is 0.0892. The second-order valence-electron chi connectivity index (χ2n) is 10.0. The molecule has 0 aliphatic carbocycles. The van der Waals surface area contributed by atoms with Gasteiger partial charge in [0, 0.05) is 68.3 Å². The predicted molar refractivity (Wildman–Crippen MR) is 133 cm³/mol. The molecule has 0 saturated carbocycles. The molecule has 4 aliphatic heterocycles. The van der Waals surface area contributed by atoms with Gasteiger partial charge in [-0.05, 0) is 42.9 Å². The Morgan fingerprint density at radius 2 is 2.05 bits per heavy atom. The van der Waals surface area contributed by atoms with Crippen LogP contribution in [0.25, 0.3) is 0 Å². The minimum atomic E-state index is -2.74. The normalized spacial score (nSPS) is 25.8. The van der Waals surface area contributed by atoms with E-state index in [1.165, 1.54) is 17.3 Å². The molecule has 2 fully saturated rings. The number of carboxylic acids is 1. The highest BCUT2D eigenvalue weighted by atomic mass is 19.3. The number of anilines is 1. The lowest BCUT2D eigenvalue weighted by molar-refractivity contribution is -0.138. The number of hydrogen-bond acceptors (Lipinski definition) is 7. The average Bonchev–Trinajstić information content (AvgIpc) is 3.61. The summed E-state index contributed by atoms with van der Waals surface area (Å²) < 4.78 is 33.9. The zero-order chi connectivity index (χ0) is 26.1. The largest absolute Gasteiger partial charge is 0.480 e. The average molecular weight is 519 g/mol. The first-order valence-electron chi connectivity index (χ1n) is 12.7. The van der Waals surface area contributed by atoms with Crippen molar-refractivity contribution >= 4 is 30.1 Å². The molecule has 3 atom stereocenters. The second-order valence-corrected chi connectivity index (χ2v) is 10.0. The highest BCUT2D eigenvalue weighted by molar-refractivity contribution is 6.02. The molecule has 200 valence electrons. The molecule has 1 amide bonds. The van der Waals surface area contributed by atoms with Gasteiger partial charge in [0.15, 0.2) is 0 Å². The fourth-order valence-corrected chi connectivity index (χ4v) is 5.95. The Morgan fingerprint density at radius 3 is 2.76 bits per heavy atom. The van der Waals surface area contributed by atoms with Gasteiger partial charge in [-0.2, -0.15) is 5.10 Å². The van der Waals surface area contributed by atoms with Gasteiger partial charge < -0.3 is 25.0 Å². The Bertz CT molecular complexity index is 1080. The van der Waals surface area contributed by atoms with Crippen molar-refractivity contribution in [3.8, 4) is 0 Å². The molecule has 5 rings (SSSR count). The Balaban J connectivity index is 1.38. The van der Waals surface area contributed by atoms with Crippen LogP contribution in [0.5, 0.6) is 0 Å². The maximum Gasteiger partial charge on any atom is 0.324 e. The summed E-state index contributed by atoms with van der Waals surface area (Å²) in [4.78, 5) is 26.3. The molecule has 3 N–H and O–H groups in total. The van der Waals surface area contributed by atoms with Crippen LogP contribution in [-0.2, 0) is 20.7 Å². The van der Waals surface area contributed by atoms with Gasteiger partial charge in [-0.1, -0.05) is 6.07 Å². The number of carbonyl (C=O) groups is 2. The van der Waals surface area contributed by atoms with Crippen molar-refractivity contribution in [2.75, 3.05) is 44.3 Å². The number of nitrogens with one attached hydrogen (secondary N) is 2. The molecule has 0 spiro atoms. The van der Waals surface area contributed by atoms with E-state index in [9.17, 15) is 18.4 Å². The van der Waals surface area contributed by atoms with Crippen molar-refractivity contribution < 1.29 is 28.2 Å². The Kier molecular flexibility index (Phi) is 7.38. The number of likely N-dealkylation sites (tertiary alicyclic amines) is 1. The Morgan fingerprint density at radius 1 is 1.27 bits per heavy atom. The molecule has 1 aromatic carbocycles. The van der Waals surface area contributed by atoms with Gasteiger partial charge in [0.1, 0.15) is 18.4 Å². The zero-order valence-corrected chi connectivity index (χ0v) is 20.5. The van der Waals surface area contributed by atoms with Gasteiger partial charge in [-0.15, -0.1) is 0 Å². The van der Waals surface area contributed by atoms with E-state index in [1.54, 1.807) is 15.9 Å². The van der Waals surface area contributed by atoms with Crippen molar-refractivity contribution in [1.82, 2.24) is 15.2 Å². The van der Waals surface area contributed by atoms with Crippen LogP contribution in [0.4, 0.5) is 14.5 Å². The first-order chi connectivity index (χ1) is 17.9. The molecular formula is C25H32F2N6O4. The first-order valence-corrected chi connectivity index (χ1v) is 12.7. The number of hydrazone groups is 1. The predicted octanol–water partition coefficient (Wildman–Crippen LogP) is 1.80. The third-order valence-corrected chi connectivity index (χ3v) is 7.76. The van der Waals surface area contributed by atoms with Crippen LogP contribution in [0.15, 0.2) is 17.2 Å². The number of halogens is 2. The molecule has 10 nitrogen and oxygen atoms in total. The van der Waals surface area contributed by atoms with Crippen molar-refractivity contribution in [3.63, 3.8) is 0 Å². The third kappa shape index (κ3) is 5.17. The molecule has 0 bridgehead atoms. The number of amidine groups is 1. The van der Waals surface area contributed by atoms with Crippen LogP contribution in [0.1, 0.15) is 48.3 Å². The molecule has 0 radical (unpaired) electrons. The van der Waals surface area contributed by atoms with Crippen LogP contribution in [0, 0.1) is 5.41 Å². The summed E-state index contributed by atoms with van der Waals surface area (Å²) in [7, 11) is 0. The van der Waals surface area contributed by atoms with Crippen LogP contribution in [-0.4, -0.2) is 97.0 Å². The van der Waals surface area contributed by atoms with E-state index >= 15 is 0 Å². The van der Waals surface area contributed by atoms with Crippen LogP contribution >= 0.6 is 0 Å². The number of benzene rings is 1. The SMILES string of the molecule is N=C(C1C(NC2CCOCC2)CCN1C=O)N1CCc2cc(C3C=NN(CC(=O)O)C3)c(C(F)F)cc21. The van der Waals surface area contributed by atoms with E-state index in [4.69, 9.17) is 15.3 Å². The summed E-state index contributed by atoms with van der Waals surface area (Å²) in [5.41, 5.74) is 1.73. The lowest BCUT2D eigenvalue weighted by atomic mass is 9.92. The van der Waals surface area contributed by atoms with Crippen molar-refractivity contribution in [1.29, 1.82) is 5.41 Å². The smallest absolute Gasteiger partial charge is 0.324 e. The number of ether oxygens (including phenoxy) is 1. The van der Waals surface area contributed by atoms with Crippen molar-refractivity contribution in [2.45, 2.75) is 56.2 Å². The van der Waals surface area contributed by atoms with E-state index in [0.717, 1.165) is 31.2 Å². The zero-order valence-electron chi connectivity index (χ0n) is 20.5. The molecular weight excluding hydrogens is 486 g/mol. The molecule has 1 aromatic rings. The summed E-state index contributed by atoms with van der Waals surface area (Å²) in [5, 5.41) is 27.2. The van der Waals surface area contributed by atoms with Gasteiger partial charge >= 0.3 is 5.97 Å². The van der Waals surface area contributed by atoms with E-state index < -0.39 is 24.4 Å². The van der Waals surface area contributed by atoms with Crippen molar-refractivity contribution in [3.05, 3.63) is 28.8 Å². The Labute approximate surface area is 213 Å². The summed E-state index contributed by atoms with van der Waals surface area (Å²) >= 11 is 0. The third-order valence-electron chi connectivity index (χ3n) is 7.76. The molecule has 12 heteroatoms. The van der Waals surface area contributed by atoms with Crippen LogP contribution < -0.4 is 10.2 Å². The first kappa shape index (κ1) is 25.5. The fraction of sp³-hybridized carbons (Fsp3) is 0.600.